The van der Waals surface area contributed by atoms with E-state index in [1.807, 2.05) is 0 Å². The Kier molecular flexibility index (Phi) is 4.10. The van der Waals surface area contributed by atoms with Crippen molar-refractivity contribution in [2.24, 2.45) is 0 Å². The van der Waals surface area contributed by atoms with Crippen LogP contribution in [0, 0.1) is 0 Å². The summed E-state index contributed by atoms with van der Waals surface area (Å²) in [5.74, 6) is -0.263. The van der Waals surface area contributed by atoms with Crippen LogP contribution in [-0.2, 0) is 4.74 Å². The molecule has 1 aliphatic heterocycles. The van der Waals surface area contributed by atoms with Gasteiger partial charge in [0.1, 0.15) is 6.61 Å². The summed E-state index contributed by atoms with van der Waals surface area (Å²) in [5.41, 5.74) is 0.392. The molecule has 2 heterocycles. The van der Waals surface area contributed by atoms with Gasteiger partial charge in [-0.1, -0.05) is 0 Å². The molecule has 0 bridgehead atoms. The molecular formula is C11H10BrF3N2O2. The zero-order chi connectivity index (χ0) is 14.0. The lowest BCUT2D eigenvalue weighted by Crippen LogP contribution is -2.55. The molecule has 0 N–H and O–H groups in total. The molecule has 19 heavy (non-hydrogen) atoms. The van der Waals surface area contributed by atoms with Gasteiger partial charge in [-0.05, 0) is 22.0 Å². The summed E-state index contributed by atoms with van der Waals surface area (Å²) in [5, 5.41) is 0. The number of hydrogen-bond acceptors (Lipinski definition) is 3. The Morgan fingerprint density at radius 2 is 2.16 bits per heavy atom. The molecule has 0 unspecified atom stereocenters. The number of amides is 1. The number of alkyl halides is 3. The van der Waals surface area contributed by atoms with E-state index in [1.54, 1.807) is 12.3 Å². The molecule has 8 heteroatoms. The third-order valence-corrected chi connectivity index (χ3v) is 3.00. The molecule has 2 rings (SSSR count). The Bertz CT molecular complexity index is 475. The third-order valence-electron chi connectivity index (χ3n) is 2.57. The quantitative estimate of drug-likeness (QED) is 0.848. The Morgan fingerprint density at radius 3 is 2.74 bits per heavy atom. The topological polar surface area (TPSA) is 42.4 Å². The summed E-state index contributed by atoms with van der Waals surface area (Å²) in [6.07, 6.45) is -1.93. The lowest BCUT2D eigenvalue weighted by Gasteiger charge is -2.38. The van der Waals surface area contributed by atoms with Crippen LogP contribution in [-0.4, -0.2) is 47.8 Å². The first-order valence-electron chi connectivity index (χ1n) is 5.43. The maximum atomic E-state index is 11.9. The second-order valence-electron chi connectivity index (χ2n) is 4.15. The monoisotopic (exact) mass is 338 g/mol. The van der Waals surface area contributed by atoms with E-state index in [1.165, 1.54) is 11.1 Å². The van der Waals surface area contributed by atoms with Gasteiger partial charge in [-0.25, -0.2) is 0 Å². The van der Waals surface area contributed by atoms with Gasteiger partial charge in [0, 0.05) is 30.0 Å². The number of hydrogen-bond donors (Lipinski definition) is 0. The van der Waals surface area contributed by atoms with Crippen molar-refractivity contribution in [3.05, 3.63) is 28.5 Å². The fourth-order valence-corrected chi connectivity index (χ4v) is 2.00. The van der Waals surface area contributed by atoms with E-state index in [0.29, 0.717) is 10.0 Å². The van der Waals surface area contributed by atoms with Crippen molar-refractivity contribution in [1.29, 1.82) is 0 Å². The zero-order valence-corrected chi connectivity index (χ0v) is 11.2. The maximum absolute atomic E-state index is 11.9. The fraction of sp³-hybridized carbons (Fsp3) is 0.455. The molecule has 0 aliphatic carbocycles. The number of ether oxygens (including phenoxy) is 1. The number of carbonyl (C=O) groups is 1. The molecule has 1 saturated heterocycles. The number of rotatable bonds is 3. The SMILES string of the molecule is O=C(c1cncc(Br)c1)N1CC(OCC(F)(F)F)C1. The first kappa shape index (κ1) is 14.3. The Labute approximate surface area is 115 Å². The number of likely N-dealkylation sites (tertiary alicyclic amines) is 1. The number of pyridine rings is 1. The largest absolute Gasteiger partial charge is 0.411 e. The predicted octanol–water partition coefficient (Wildman–Crippen LogP) is 2.25. The smallest absolute Gasteiger partial charge is 0.365 e. The van der Waals surface area contributed by atoms with Crippen LogP contribution in [0.3, 0.4) is 0 Å². The van der Waals surface area contributed by atoms with Gasteiger partial charge in [-0.3, -0.25) is 9.78 Å². The van der Waals surface area contributed by atoms with Gasteiger partial charge in [0.2, 0.25) is 0 Å². The molecule has 1 fully saturated rings. The Morgan fingerprint density at radius 1 is 1.47 bits per heavy atom. The van der Waals surface area contributed by atoms with E-state index in [9.17, 15) is 18.0 Å². The molecule has 4 nitrogen and oxygen atoms in total. The molecule has 1 amide bonds. The highest BCUT2D eigenvalue weighted by Gasteiger charge is 2.36. The van der Waals surface area contributed by atoms with Gasteiger partial charge in [-0.15, -0.1) is 0 Å². The highest BCUT2D eigenvalue weighted by atomic mass is 79.9. The van der Waals surface area contributed by atoms with E-state index in [0.717, 1.165) is 0 Å². The van der Waals surface area contributed by atoms with Crippen LogP contribution in [0.2, 0.25) is 0 Å². The molecule has 104 valence electrons. The van der Waals surface area contributed by atoms with Crippen molar-refractivity contribution >= 4 is 21.8 Å². The van der Waals surface area contributed by atoms with Gasteiger partial charge in [-0.2, -0.15) is 13.2 Å². The average Bonchev–Trinajstić information content (AvgIpc) is 2.25. The van der Waals surface area contributed by atoms with Crippen molar-refractivity contribution in [3.8, 4) is 0 Å². The van der Waals surface area contributed by atoms with Crippen molar-refractivity contribution < 1.29 is 22.7 Å². The minimum Gasteiger partial charge on any atom is -0.365 e. The van der Waals surface area contributed by atoms with Crippen LogP contribution in [0.1, 0.15) is 10.4 Å². The highest BCUT2D eigenvalue weighted by molar-refractivity contribution is 9.10. The van der Waals surface area contributed by atoms with Crippen LogP contribution in [0.15, 0.2) is 22.9 Å². The minimum absolute atomic E-state index is 0.168. The molecule has 1 aliphatic rings. The van der Waals surface area contributed by atoms with E-state index >= 15 is 0 Å². The summed E-state index contributed by atoms with van der Waals surface area (Å²) in [6, 6.07) is 1.61. The maximum Gasteiger partial charge on any atom is 0.411 e. The van der Waals surface area contributed by atoms with Crippen LogP contribution < -0.4 is 0 Å². The van der Waals surface area contributed by atoms with E-state index in [2.05, 4.69) is 25.7 Å². The second kappa shape index (κ2) is 5.46. The predicted molar refractivity (Wildman–Crippen MR) is 63.6 cm³/mol. The molecule has 1 aromatic rings. The van der Waals surface area contributed by atoms with Crippen molar-refractivity contribution in [1.82, 2.24) is 9.88 Å². The van der Waals surface area contributed by atoms with Crippen molar-refractivity contribution in [2.75, 3.05) is 19.7 Å². The number of halogens is 4. The van der Waals surface area contributed by atoms with E-state index < -0.39 is 18.9 Å². The number of aromatic nitrogens is 1. The van der Waals surface area contributed by atoms with Crippen LogP contribution in [0.25, 0.3) is 0 Å². The first-order chi connectivity index (χ1) is 8.85. The molecular weight excluding hydrogens is 329 g/mol. The van der Waals surface area contributed by atoms with Crippen LogP contribution >= 0.6 is 15.9 Å². The minimum atomic E-state index is -4.33. The Hall–Kier alpha value is -1.15. The van der Waals surface area contributed by atoms with Gasteiger partial charge >= 0.3 is 6.18 Å². The normalized spacial score (nSPS) is 16.3. The number of carbonyl (C=O) groups excluding carboxylic acids is 1. The molecule has 1 aromatic heterocycles. The van der Waals surface area contributed by atoms with Crippen LogP contribution in [0.5, 0.6) is 0 Å². The fourth-order valence-electron chi connectivity index (χ4n) is 1.63. The summed E-state index contributed by atoms with van der Waals surface area (Å²) in [6.45, 7) is -0.943. The molecule has 0 aromatic carbocycles. The van der Waals surface area contributed by atoms with E-state index in [4.69, 9.17) is 0 Å². The van der Waals surface area contributed by atoms with Crippen molar-refractivity contribution in [2.45, 2.75) is 12.3 Å². The summed E-state index contributed by atoms with van der Waals surface area (Å²) in [4.78, 5) is 17.2. The number of nitrogens with zero attached hydrogens (tertiary/aromatic N) is 2. The van der Waals surface area contributed by atoms with Crippen molar-refractivity contribution in [3.63, 3.8) is 0 Å². The van der Waals surface area contributed by atoms with Crippen LogP contribution in [0.4, 0.5) is 13.2 Å². The molecule has 0 radical (unpaired) electrons. The molecule has 0 saturated carbocycles. The second-order valence-corrected chi connectivity index (χ2v) is 5.07. The molecule has 0 spiro atoms. The third kappa shape index (κ3) is 3.90. The van der Waals surface area contributed by atoms with E-state index in [-0.39, 0.29) is 19.0 Å². The Balaban J connectivity index is 1.82. The lowest BCUT2D eigenvalue weighted by molar-refractivity contribution is -0.196. The zero-order valence-electron chi connectivity index (χ0n) is 9.65. The lowest BCUT2D eigenvalue weighted by atomic mass is 10.1. The standard InChI is InChI=1S/C11H10BrF3N2O2/c12-8-1-7(2-16-3-8)10(18)17-4-9(5-17)19-6-11(13,14)15/h1-3,9H,4-6H2. The summed E-state index contributed by atoms with van der Waals surface area (Å²) in [7, 11) is 0. The summed E-state index contributed by atoms with van der Waals surface area (Å²) < 4.78 is 41.1. The van der Waals surface area contributed by atoms with Gasteiger partial charge < -0.3 is 9.64 Å². The van der Waals surface area contributed by atoms with Gasteiger partial charge in [0.25, 0.3) is 5.91 Å². The van der Waals surface area contributed by atoms with Gasteiger partial charge in [0.05, 0.1) is 11.7 Å². The summed E-state index contributed by atoms with van der Waals surface area (Å²) >= 11 is 3.20. The molecule has 0 atom stereocenters. The highest BCUT2D eigenvalue weighted by Crippen LogP contribution is 2.21. The van der Waals surface area contributed by atoms with Gasteiger partial charge in [0.15, 0.2) is 0 Å². The average molecular weight is 339 g/mol. The first-order valence-corrected chi connectivity index (χ1v) is 6.22.